The van der Waals surface area contributed by atoms with Gasteiger partial charge in [-0.15, -0.1) is 0 Å². The molecule has 0 aliphatic carbocycles. The second-order valence-electron chi connectivity index (χ2n) is 4.18. The summed E-state index contributed by atoms with van der Waals surface area (Å²) in [6.07, 6.45) is 3.33. The van der Waals surface area contributed by atoms with Crippen LogP contribution in [0.2, 0.25) is 0 Å². The highest BCUT2D eigenvalue weighted by molar-refractivity contribution is 5.15. The van der Waals surface area contributed by atoms with E-state index in [9.17, 15) is 5.11 Å². The van der Waals surface area contributed by atoms with E-state index in [1.165, 1.54) is 6.42 Å². The molecule has 0 atom stereocenters. The number of hydrogen-bond acceptors (Lipinski definition) is 2. The van der Waals surface area contributed by atoms with Crippen molar-refractivity contribution < 1.29 is 5.11 Å². The molecule has 0 bridgehead atoms. The minimum atomic E-state index is -0.831. The number of aryl methyl sites for hydroxylation is 1. The Labute approximate surface area is 86.0 Å². The van der Waals surface area contributed by atoms with Crippen molar-refractivity contribution in [2.75, 3.05) is 0 Å². The Morgan fingerprint density at radius 1 is 1.36 bits per heavy atom. The maximum absolute atomic E-state index is 9.78. The topological polar surface area (TPSA) is 33.1 Å². The van der Waals surface area contributed by atoms with Crippen LogP contribution in [-0.4, -0.2) is 10.1 Å². The van der Waals surface area contributed by atoms with E-state index in [0.29, 0.717) is 0 Å². The van der Waals surface area contributed by atoms with E-state index < -0.39 is 5.60 Å². The van der Waals surface area contributed by atoms with Gasteiger partial charge in [0.2, 0.25) is 0 Å². The number of pyridine rings is 1. The second-order valence-corrected chi connectivity index (χ2v) is 4.18. The first-order valence-corrected chi connectivity index (χ1v) is 5.23. The zero-order valence-electron chi connectivity index (χ0n) is 9.25. The van der Waals surface area contributed by atoms with E-state index >= 15 is 0 Å². The minimum Gasteiger partial charge on any atom is -0.384 e. The van der Waals surface area contributed by atoms with Crippen molar-refractivity contribution in [2.24, 2.45) is 0 Å². The molecule has 0 radical (unpaired) electrons. The molecule has 0 aromatic carbocycles. The first-order chi connectivity index (χ1) is 6.54. The molecule has 0 saturated carbocycles. The molecule has 0 fully saturated rings. The normalized spacial score (nSPS) is 11.7. The number of nitrogens with zero attached hydrogens (tertiary/aromatic N) is 1. The Kier molecular flexibility index (Phi) is 3.64. The molecular weight excluding hydrogens is 174 g/mol. The van der Waals surface area contributed by atoms with Gasteiger partial charge in [0.1, 0.15) is 5.60 Å². The summed E-state index contributed by atoms with van der Waals surface area (Å²) in [5, 5.41) is 9.78. The number of hydrogen-bond donors (Lipinski definition) is 1. The van der Waals surface area contributed by atoms with Gasteiger partial charge in [-0.1, -0.05) is 19.4 Å². The highest BCUT2D eigenvalue weighted by atomic mass is 16.3. The zero-order valence-corrected chi connectivity index (χ0v) is 9.25. The molecule has 2 nitrogen and oxygen atoms in total. The van der Waals surface area contributed by atoms with Gasteiger partial charge in [-0.25, -0.2) is 0 Å². The maximum atomic E-state index is 9.78. The van der Waals surface area contributed by atoms with E-state index in [4.69, 9.17) is 0 Å². The highest BCUT2D eigenvalue weighted by Gasteiger charge is 2.17. The third-order valence-corrected chi connectivity index (χ3v) is 2.22. The zero-order chi connectivity index (χ0) is 10.6. The number of rotatable bonds is 4. The van der Waals surface area contributed by atoms with Gasteiger partial charge >= 0.3 is 0 Å². The molecule has 0 aliphatic heterocycles. The average Bonchev–Trinajstić information content (AvgIpc) is 2.14. The van der Waals surface area contributed by atoms with Gasteiger partial charge in [0.25, 0.3) is 0 Å². The number of aliphatic hydroxyl groups is 1. The molecule has 1 N–H and O–H groups in total. The lowest BCUT2D eigenvalue weighted by Crippen LogP contribution is -2.18. The maximum Gasteiger partial charge on any atom is 0.101 e. The lowest BCUT2D eigenvalue weighted by atomic mass is 10.0. The van der Waals surface area contributed by atoms with Gasteiger partial charge < -0.3 is 5.11 Å². The van der Waals surface area contributed by atoms with E-state index in [-0.39, 0.29) is 0 Å². The molecule has 78 valence electrons. The van der Waals surface area contributed by atoms with Crippen LogP contribution in [0.15, 0.2) is 18.2 Å². The van der Waals surface area contributed by atoms with Crippen LogP contribution in [0.4, 0.5) is 0 Å². The van der Waals surface area contributed by atoms with Crippen molar-refractivity contribution in [3.63, 3.8) is 0 Å². The van der Waals surface area contributed by atoms with Gasteiger partial charge in [0.05, 0.1) is 5.69 Å². The largest absolute Gasteiger partial charge is 0.384 e. The molecule has 0 aliphatic rings. The van der Waals surface area contributed by atoms with Crippen LogP contribution < -0.4 is 0 Å². The van der Waals surface area contributed by atoms with Gasteiger partial charge in [0.15, 0.2) is 0 Å². The molecule has 0 amide bonds. The number of aromatic nitrogens is 1. The third kappa shape index (κ3) is 3.11. The summed E-state index contributed by atoms with van der Waals surface area (Å²) in [4.78, 5) is 4.43. The first-order valence-electron chi connectivity index (χ1n) is 5.23. The van der Waals surface area contributed by atoms with Crippen LogP contribution in [0.3, 0.4) is 0 Å². The summed E-state index contributed by atoms with van der Waals surface area (Å²) in [6.45, 7) is 5.69. The van der Waals surface area contributed by atoms with Gasteiger partial charge in [-0.3, -0.25) is 4.98 Å². The standard InChI is InChI=1S/C12H19NO/c1-4-5-7-10-8-6-9-11(13-10)12(2,3)14/h6,8-9,14H,4-5,7H2,1-3H3. The van der Waals surface area contributed by atoms with Crippen LogP contribution >= 0.6 is 0 Å². The van der Waals surface area contributed by atoms with Crippen molar-refractivity contribution in [1.82, 2.24) is 4.98 Å². The Balaban J connectivity index is 2.79. The second kappa shape index (κ2) is 4.56. The molecule has 0 spiro atoms. The molecule has 0 unspecified atom stereocenters. The predicted octanol–water partition coefficient (Wildman–Crippen LogP) is 2.65. The molecule has 1 aromatic rings. The van der Waals surface area contributed by atoms with Gasteiger partial charge in [-0.2, -0.15) is 0 Å². The van der Waals surface area contributed by atoms with Crippen molar-refractivity contribution in [3.05, 3.63) is 29.6 Å². The summed E-state index contributed by atoms with van der Waals surface area (Å²) in [7, 11) is 0. The number of unbranched alkanes of at least 4 members (excludes halogenated alkanes) is 1. The van der Waals surface area contributed by atoms with E-state index in [1.54, 1.807) is 13.8 Å². The Hall–Kier alpha value is -0.890. The van der Waals surface area contributed by atoms with E-state index in [1.807, 2.05) is 18.2 Å². The SMILES string of the molecule is CCCCc1cccc(C(C)(C)O)n1. The fourth-order valence-electron chi connectivity index (χ4n) is 1.32. The summed E-state index contributed by atoms with van der Waals surface area (Å²) >= 11 is 0. The Morgan fingerprint density at radius 3 is 2.64 bits per heavy atom. The molecule has 0 saturated heterocycles. The van der Waals surface area contributed by atoms with Crippen molar-refractivity contribution in [3.8, 4) is 0 Å². The van der Waals surface area contributed by atoms with Gasteiger partial charge in [-0.05, 0) is 38.8 Å². The summed E-state index contributed by atoms with van der Waals surface area (Å²) < 4.78 is 0. The van der Waals surface area contributed by atoms with Crippen LogP contribution in [0, 0.1) is 0 Å². The summed E-state index contributed by atoms with van der Waals surface area (Å²) in [5.41, 5.74) is 1.000. The predicted molar refractivity (Wildman–Crippen MR) is 58.1 cm³/mol. The summed E-state index contributed by atoms with van der Waals surface area (Å²) in [6, 6.07) is 5.85. The molecule has 1 rings (SSSR count). The highest BCUT2D eigenvalue weighted by Crippen LogP contribution is 2.17. The molecular formula is C12H19NO. The van der Waals surface area contributed by atoms with Crippen LogP contribution in [0.1, 0.15) is 45.0 Å². The quantitative estimate of drug-likeness (QED) is 0.797. The smallest absolute Gasteiger partial charge is 0.101 e. The molecule has 2 heteroatoms. The van der Waals surface area contributed by atoms with E-state index in [0.717, 1.165) is 24.2 Å². The van der Waals surface area contributed by atoms with Crippen LogP contribution in [0.25, 0.3) is 0 Å². The van der Waals surface area contributed by atoms with Crippen LogP contribution in [-0.2, 0) is 12.0 Å². The van der Waals surface area contributed by atoms with E-state index in [2.05, 4.69) is 11.9 Å². The molecule has 14 heavy (non-hydrogen) atoms. The fourth-order valence-corrected chi connectivity index (χ4v) is 1.32. The lowest BCUT2D eigenvalue weighted by Gasteiger charge is -2.17. The van der Waals surface area contributed by atoms with Crippen molar-refractivity contribution >= 4 is 0 Å². The Bertz CT molecular complexity index is 289. The Morgan fingerprint density at radius 2 is 2.07 bits per heavy atom. The lowest BCUT2D eigenvalue weighted by molar-refractivity contribution is 0.0736. The van der Waals surface area contributed by atoms with Crippen molar-refractivity contribution in [2.45, 2.75) is 45.6 Å². The molecule has 1 aromatic heterocycles. The molecule has 1 heterocycles. The average molecular weight is 193 g/mol. The van der Waals surface area contributed by atoms with Crippen LogP contribution in [0.5, 0.6) is 0 Å². The van der Waals surface area contributed by atoms with Gasteiger partial charge in [0, 0.05) is 5.69 Å². The third-order valence-electron chi connectivity index (χ3n) is 2.22. The first kappa shape index (κ1) is 11.2. The summed E-state index contributed by atoms with van der Waals surface area (Å²) in [5.74, 6) is 0. The minimum absolute atomic E-state index is 0.756. The monoisotopic (exact) mass is 193 g/mol. The fraction of sp³-hybridized carbons (Fsp3) is 0.583. The van der Waals surface area contributed by atoms with Crippen molar-refractivity contribution in [1.29, 1.82) is 0 Å².